The van der Waals surface area contributed by atoms with Gasteiger partial charge in [-0.25, -0.2) is 19.0 Å². The molecular weight excluding hydrogens is 423 g/mol. The van der Waals surface area contributed by atoms with E-state index in [0.717, 1.165) is 21.2 Å². The van der Waals surface area contributed by atoms with Gasteiger partial charge in [0.15, 0.2) is 11.3 Å². The van der Waals surface area contributed by atoms with E-state index in [-0.39, 0.29) is 11.2 Å². The molecule has 0 spiro atoms. The highest BCUT2D eigenvalue weighted by Gasteiger charge is 2.51. The zero-order chi connectivity index (χ0) is 19.9. The molecule has 0 bridgehead atoms. The SMILES string of the molecule is Brc1cnc2ccnn2c1.CC1(C)OB(c2cnc3ccnn3c2)OC1(C)C. The van der Waals surface area contributed by atoms with Crippen LogP contribution in [0.4, 0.5) is 0 Å². The topological polar surface area (TPSA) is 78.8 Å². The average molecular weight is 443 g/mol. The maximum atomic E-state index is 5.97. The van der Waals surface area contributed by atoms with Crippen LogP contribution in [0.5, 0.6) is 0 Å². The summed E-state index contributed by atoms with van der Waals surface area (Å²) in [6, 6.07) is 3.71. The average Bonchev–Trinajstić information content (AvgIpc) is 3.32. The molecule has 4 aromatic rings. The van der Waals surface area contributed by atoms with Gasteiger partial charge >= 0.3 is 7.12 Å². The summed E-state index contributed by atoms with van der Waals surface area (Å²) >= 11 is 3.29. The maximum Gasteiger partial charge on any atom is 0.498 e. The Balaban J connectivity index is 0.000000162. The minimum Gasteiger partial charge on any atom is -0.399 e. The van der Waals surface area contributed by atoms with Crippen LogP contribution in [-0.4, -0.2) is 47.5 Å². The van der Waals surface area contributed by atoms with Crippen LogP contribution in [0.2, 0.25) is 0 Å². The lowest BCUT2D eigenvalue weighted by atomic mass is 9.81. The molecule has 144 valence electrons. The van der Waals surface area contributed by atoms with Crippen molar-refractivity contribution in [1.82, 2.24) is 29.2 Å². The molecule has 28 heavy (non-hydrogen) atoms. The molecule has 5 heterocycles. The van der Waals surface area contributed by atoms with Crippen molar-refractivity contribution in [2.24, 2.45) is 0 Å². The first-order valence-corrected chi connectivity index (χ1v) is 9.64. The van der Waals surface area contributed by atoms with Crippen molar-refractivity contribution < 1.29 is 9.31 Å². The molecular formula is C18H20BBrN6O2. The number of nitrogens with zero attached hydrogens (tertiary/aromatic N) is 6. The van der Waals surface area contributed by atoms with Crippen molar-refractivity contribution in [2.45, 2.75) is 38.9 Å². The lowest BCUT2D eigenvalue weighted by Gasteiger charge is -2.32. The second kappa shape index (κ2) is 6.95. The number of rotatable bonds is 1. The first kappa shape index (κ1) is 19.0. The molecule has 1 aliphatic heterocycles. The first-order valence-electron chi connectivity index (χ1n) is 8.85. The fraction of sp³-hybridized carbons (Fsp3) is 0.333. The Bertz CT molecular complexity index is 1110. The quantitative estimate of drug-likeness (QED) is 0.421. The molecule has 0 radical (unpaired) electrons. The van der Waals surface area contributed by atoms with Crippen molar-refractivity contribution in [2.75, 3.05) is 0 Å². The van der Waals surface area contributed by atoms with E-state index < -0.39 is 7.12 Å². The van der Waals surface area contributed by atoms with Gasteiger partial charge in [-0.1, -0.05) is 0 Å². The standard InChI is InChI=1S/C12H16BN3O2.C6H4BrN3/c1-11(2)12(3,4)18-13(17-11)9-7-14-10-5-6-15-16(10)8-9;7-5-3-8-6-1-2-9-10(6)4-5/h5-8H,1-4H3;1-4H. The van der Waals surface area contributed by atoms with Crippen LogP contribution in [0.25, 0.3) is 11.3 Å². The van der Waals surface area contributed by atoms with E-state index in [1.54, 1.807) is 33.8 Å². The van der Waals surface area contributed by atoms with Gasteiger partial charge in [0.2, 0.25) is 0 Å². The van der Waals surface area contributed by atoms with Gasteiger partial charge in [0.1, 0.15) is 0 Å². The lowest BCUT2D eigenvalue weighted by molar-refractivity contribution is 0.00578. The molecule has 8 nitrogen and oxygen atoms in total. The van der Waals surface area contributed by atoms with Gasteiger partial charge in [0.05, 0.1) is 28.1 Å². The minimum atomic E-state index is -0.393. The van der Waals surface area contributed by atoms with E-state index in [9.17, 15) is 0 Å². The second-order valence-electron chi connectivity index (χ2n) is 7.52. The summed E-state index contributed by atoms with van der Waals surface area (Å²) in [5, 5.41) is 8.17. The Morgan fingerprint density at radius 1 is 0.857 bits per heavy atom. The Labute approximate surface area is 171 Å². The van der Waals surface area contributed by atoms with Crippen LogP contribution in [0.15, 0.2) is 53.8 Å². The minimum absolute atomic E-state index is 0.337. The highest BCUT2D eigenvalue weighted by molar-refractivity contribution is 9.10. The molecule has 1 saturated heterocycles. The van der Waals surface area contributed by atoms with Crippen LogP contribution in [0.3, 0.4) is 0 Å². The summed E-state index contributed by atoms with van der Waals surface area (Å²) in [5.41, 5.74) is 1.89. The third-order valence-corrected chi connectivity index (χ3v) is 5.42. The largest absolute Gasteiger partial charge is 0.498 e. The second-order valence-corrected chi connectivity index (χ2v) is 8.43. The van der Waals surface area contributed by atoms with Crippen LogP contribution < -0.4 is 5.46 Å². The molecule has 0 aliphatic carbocycles. The van der Waals surface area contributed by atoms with Crippen molar-refractivity contribution in [3.63, 3.8) is 0 Å². The van der Waals surface area contributed by atoms with Crippen LogP contribution in [0, 0.1) is 0 Å². The summed E-state index contributed by atoms with van der Waals surface area (Å²) in [5.74, 6) is 0. The fourth-order valence-corrected chi connectivity index (χ4v) is 3.01. The summed E-state index contributed by atoms with van der Waals surface area (Å²) in [6.07, 6.45) is 10.7. The van der Waals surface area contributed by atoms with Crippen LogP contribution in [-0.2, 0) is 9.31 Å². The van der Waals surface area contributed by atoms with Crippen molar-refractivity contribution in [3.05, 3.63) is 53.8 Å². The Hall–Kier alpha value is -2.30. The van der Waals surface area contributed by atoms with Gasteiger partial charge in [-0.05, 0) is 43.6 Å². The summed E-state index contributed by atoms with van der Waals surface area (Å²) < 4.78 is 16.3. The van der Waals surface area contributed by atoms with Crippen LogP contribution >= 0.6 is 15.9 Å². The molecule has 0 unspecified atom stereocenters. The van der Waals surface area contributed by atoms with Crippen molar-refractivity contribution in [1.29, 1.82) is 0 Å². The smallest absolute Gasteiger partial charge is 0.399 e. The Morgan fingerprint density at radius 2 is 1.39 bits per heavy atom. The predicted octanol–water partition coefficient (Wildman–Crippen LogP) is 2.52. The van der Waals surface area contributed by atoms with Gasteiger partial charge in [0.25, 0.3) is 0 Å². The fourth-order valence-electron chi connectivity index (χ4n) is 2.71. The summed E-state index contributed by atoms with van der Waals surface area (Å²) in [4.78, 5) is 8.42. The monoisotopic (exact) mass is 442 g/mol. The Kier molecular flexibility index (Phi) is 4.72. The highest BCUT2D eigenvalue weighted by atomic mass is 79.9. The molecule has 10 heteroatoms. The third kappa shape index (κ3) is 3.55. The normalized spacial score (nSPS) is 17.7. The molecule has 4 aromatic heterocycles. The van der Waals surface area contributed by atoms with E-state index in [1.165, 1.54) is 0 Å². The molecule has 0 saturated carbocycles. The van der Waals surface area contributed by atoms with E-state index in [2.05, 4.69) is 36.1 Å². The number of aromatic nitrogens is 6. The zero-order valence-electron chi connectivity index (χ0n) is 16.1. The predicted molar refractivity (Wildman–Crippen MR) is 109 cm³/mol. The van der Waals surface area contributed by atoms with E-state index in [0.29, 0.717) is 0 Å². The number of hydrogen-bond donors (Lipinski definition) is 0. The number of fused-ring (bicyclic) bond motifs is 2. The lowest BCUT2D eigenvalue weighted by Crippen LogP contribution is -2.41. The van der Waals surface area contributed by atoms with Gasteiger partial charge < -0.3 is 9.31 Å². The van der Waals surface area contributed by atoms with Crippen molar-refractivity contribution >= 4 is 39.8 Å². The summed E-state index contributed by atoms with van der Waals surface area (Å²) in [6.45, 7) is 8.14. The maximum absolute atomic E-state index is 5.97. The number of hydrogen-bond acceptors (Lipinski definition) is 6. The summed E-state index contributed by atoms with van der Waals surface area (Å²) in [7, 11) is -0.393. The molecule has 5 rings (SSSR count). The molecule has 1 fully saturated rings. The molecule has 0 aromatic carbocycles. The molecule has 1 aliphatic rings. The Morgan fingerprint density at radius 3 is 2.00 bits per heavy atom. The van der Waals surface area contributed by atoms with E-state index in [4.69, 9.17) is 9.31 Å². The van der Waals surface area contributed by atoms with Gasteiger partial charge in [-0.2, -0.15) is 10.2 Å². The van der Waals surface area contributed by atoms with Gasteiger partial charge in [-0.3, -0.25) is 0 Å². The van der Waals surface area contributed by atoms with Crippen LogP contribution in [0.1, 0.15) is 27.7 Å². The van der Waals surface area contributed by atoms with Crippen molar-refractivity contribution in [3.8, 4) is 0 Å². The number of halogens is 1. The van der Waals surface area contributed by atoms with E-state index in [1.807, 2.05) is 52.2 Å². The molecule has 0 amide bonds. The molecule has 0 atom stereocenters. The van der Waals surface area contributed by atoms with Gasteiger partial charge in [-0.15, -0.1) is 0 Å². The zero-order valence-corrected chi connectivity index (χ0v) is 17.7. The third-order valence-electron chi connectivity index (χ3n) is 5.01. The van der Waals surface area contributed by atoms with Gasteiger partial charge in [0, 0.05) is 42.4 Å². The highest BCUT2D eigenvalue weighted by Crippen LogP contribution is 2.36. The first-order chi connectivity index (χ1) is 13.2. The van der Waals surface area contributed by atoms with E-state index >= 15 is 0 Å². The molecule has 0 N–H and O–H groups in total.